The largest absolute Gasteiger partial charge is 0.338 e. The summed E-state index contributed by atoms with van der Waals surface area (Å²) in [6.45, 7) is 12.0. The Morgan fingerprint density at radius 3 is 2.67 bits per heavy atom. The van der Waals surface area contributed by atoms with Crippen LogP contribution in [0.2, 0.25) is 0 Å². The summed E-state index contributed by atoms with van der Waals surface area (Å²) in [6.07, 6.45) is 1.14. The van der Waals surface area contributed by atoms with Gasteiger partial charge in [0.1, 0.15) is 0 Å². The highest BCUT2D eigenvalue weighted by Crippen LogP contribution is 2.29. The maximum Gasteiger partial charge on any atom is 0.240 e. The highest BCUT2D eigenvalue weighted by molar-refractivity contribution is 5.00. The molecule has 2 N–H and O–H groups in total. The Labute approximate surface area is 109 Å². The first kappa shape index (κ1) is 13.5. The van der Waals surface area contributed by atoms with Gasteiger partial charge in [0.15, 0.2) is 5.82 Å². The van der Waals surface area contributed by atoms with Crippen LogP contribution in [0.1, 0.15) is 45.8 Å². The minimum atomic E-state index is -0.0570. The molecule has 1 aromatic heterocycles. The van der Waals surface area contributed by atoms with Crippen molar-refractivity contribution in [1.29, 1.82) is 0 Å². The highest BCUT2D eigenvalue weighted by atomic mass is 16.5. The van der Waals surface area contributed by atoms with Crippen LogP contribution in [-0.4, -0.2) is 34.7 Å². The third-order valence-corrected chi connectivity index (χ3v) is 3.63. The lowest BCUT2D eigenvalue weighted by Gasteiger charge is -2.21. The zero-order valence-corrected chi connectivity index (χ0v) is 11.9. The van der Waals surface area contributed by atoms with E-state index in [0.717, 1.165) is 38.4 Å². The van der Waals surface area contributed by atoms with Gasteiger partial charge in [-0.15, -0.1) is 0 Å². The summed E-state index contributed by atoms with van der Waals surface area (Å²) in [6, 6.07) is 0. The number of nitrogens with zero attached hydrogens (tertiary/aromatic N) is 3. The molecule has 2 heterocycles. The molecular formula is C13H24N4O. The average Bonchev–Trinajstić information content (AvgIpc) is 2.86. The Morgan fingerprint density at radius 1 is 1.44 bits per heavy atom. The number of rotatable bonds is 3. The van der Waals surface area contributed by atoms with E-state index in [4.69, 9.17) is 10.3 Å². The molecule has 0 spiro atoms. The SMILES string of the molecule is CC1(CN)CCN(Cc2nc(C(C)(C)C)no2)C1. The number of aromatic nitrogens is 2. The minimum Gasteiger partial charge on any atom is -0.338 e. The molecule has 1 aliphatic heterocycles. The van der Waals surface area contributed by atoms with E-state index in [1.807, 2.05) is 0 Å². The third kappa shape index (κ3) is 2.90. The van der Waals surface area contributed by atoms with Gasteiger partial charge in [-0.1, -0.05) is 32.9 Å². The van der Waals surface area contributed by atoms with Crippen LogP contribution in [0.5, 0.6) is 0 Å². The van der Waals surface area contributed by atoms with Crippen LogP contribution in [0.15, 0.2) is 4.52 Å². The summed E-state index contributed by atoms with van der Waals surface area (Å²) in [5.74, 6) is 1.49. The van der Waals surface area contributed by atoms with E-state index >= 15 is 0 Å². The lowest BCUT2D eigenvalue weighted by Crippen LogP contribution is -2.31. The first-order valence-corrected chi connectivity index (χ1v) is 6.58. The van der Waals surface area contributed by atoms with E-state index in [9.17, 15) is 0 Å². The monoisotopic (exact) mass is 252 g/mol. The number of hydrogen-bond acceptors (Lipinski definition) is 5. The smallest absolute Gasteiger partial charge is 0.240 e. The second-order valence-corrected chi connectivity index (χ2v) is 6.74. The predicted octanol–water partition coefficient (Wildman–Crippen LogP) is 1.54. The molecule has 18 heavy (non-hydrogen) atoms. The molecule has 1 fully saturated rings. The van der Waals surface area contributed by atoms with Gasteiger partial charge in [0, 0.05) is 12.0 Å². The fourth-order valence-corrected chi connectivity index (χ4v) is 2.24. The van der Waals surface area contributed by atoms with E-state index in [1.165, 1.54) is 0 Å². The summed E-state index contributed by atoms with van der Waals surface area (Å²) in [7, 11) is 0. The summed E-state index contributed by atoms with van der Waals surface area (Å²) in [4.78, 5) is 6.81. The summed E-state index contributed by atoms with van der Waals surface area (Å²) in [5.41, 5.74) is 5.99. The average molecular weight is 252 g/mol. The Kier molecular flexibility index (Phi) is 3.47. The summed E-state index contributed by atoms with van der Waals surface area (Å²) in [5, 5.41) is 4.05. The van der Waals surface area contributed by atoms with Crippen molar-refractivity contribution in [1.82, 2.24) is 15.0 Å². The van der Waals surface area contributed by atoms with Gasteiger partial charge in [0.2, 0.25) is 5.89 Å². The Hall–Kier alpha value is -0.940. The van der Waals surface area contributed by atoms with E-state index in [-0.39, 0.29) is 10.8 Å². The van der Waals surface area contributed by atoms with Crippen LogP contribution < -0.4 is 5.73 Å². The maximum atomic E-state index is 5.81. The molecule has 5 nitrogen and oxygen atoms in total. The zero-order chi connectivity index (χ0) is 13.4. The molecule has 0 saturated carbocycles. The molecule has 5 heteroatoms. The molecule has 1 atom stereocenters. The Bertz CT molecular complexity index is 409. The van der Waals surface area contributed by atoms with Gasteiger partial charge in [-0.2, -0.15) is 4.98 Å². The van der Waals surface area contributed by atoms with E-state index in [2.05, 4.69) is 42.7 Å². The molecule has 2 rings (SSSR count). The maximum absolute atomic E-state index is 5.81. The van der Waals surface area contributed by atoms with Crippen LogP contribution in [0.25, 0.3) is 0 Å². The van der Waals surface area contributed by atoms with Gasteiger partial charge in [-0.3, -0.25) is 4.90 Å². The molecule has 0 aromatic carbocycles. The van der Waals surface area contributed by atoms with Gasteiger partial charge in [-0.25, -0.2) is 0 Å². The predicted molar refractivity (Wildman–Crippen MR) is 70.1 cm³/mol. The van der Waals surface area contributed by atoms with Crippen molar-refractivity contribution < 1.29 is 4.52 Å². The van der Waals surface area contributed by atoms with Gasteiger partial charge < -0.3 is 10.3 Å². The van der Waals surface area contributed by atoms with Crippen molar-refractivity contribution in [2.45, 2.75) is 46.1 Å². The molecule has 1 aliphatic rings. The number of likely N-dealkylation sites (tertiary alicyclic amines) is 1. The van der Waals surface area contributed by atoms with Gasteiger partial charge in [0.25, 0.3) is 0 Å². The van der Waals surface area contributed by atoms with Crippen molar-refractivity contribution in [3.8, 4) is 0 Å². The molecule has 0 aliphatic carbocycles. The molecule has 0 bridgehead atoms. The van der Waals surface area contributed by atoms with Crippen molar-refractivity contribution in [3.05, 3.63) is 11.7 Å². The fourth-order valence-electron chi connectivity index (χ4n) is 2.24. The second kappa shape index (κ2) is 4.63. The molecule has 0 radical (unpaired) electrons. The standard InChI is InChI=1S/C13H24N4O/c1-12(2,3)11-15-10(18-16-11)7-17-6-5-13(4,8-14)9-17/h5-9,14H2,1-4H3. The highest BCUT2D eigenvalue weighted by Gasteiger charge is 2.33. The van der Waals surface area contributed by atoms with Crippen LogP contribution >= 0.6 is 0 Å². The van der Waals surface area contributed by atoms with Gasteiger partial charge in [0.05, 0.1) is 6.54 Å². The zero-order valence-electron chi connectivity index (χ0n) is 11.9. The van der Waals surface area contributed by atoms with Crippen molar-refractivity contribution >= 4 is 0 Å². The molecule has 0 amide bonds. The van der Waals surface area contributed by atoms with Crippen molar-refractivity contribution in [2.24, 2.45) is 11.1 Å². The molecule has 1 saturated heterocycles. The quantitative estimate of drug-likeness (QED) is 0.883. The van der Waals surface area contributed by atoms with Crippen LogP contribution in [0.3, 0.4) is 0 Å². The first-order chi connectivity index (χ1) is 8.32. The van der Waals surface area contributed by atoms with Gasteiger partial charge in [-0.05, 0) is 24.9 Å². The minimum absolute atomic E-state index is 0.0570. The van der Waals surface area contributed by atoms with Crippen LogP contribution in [0, 0.1) is 5.41 Å². The van der Waals surface area contributed by atoms with E-state index in [1.54, 1.807) is 0 Å². The molecule has 102 valence electrons. The van der Waals surface area contributed by atoms with Crippen LogP contribution in [-0.2, 0) is 12.0 Å². The lowest BCUT2D eigenvalue weighted by atomic mass is 9.90. The Balaban J connectivity index is 1.97. The third-order valence-electron chi connectivity index (χ3n) is 3.63. The topological polar surface area (TPSA) is 68.2 Å². The fraction of sp³-hybridized carbons (Fsp3) is 0.846. The van der Waals surface area contributed by atoms with Crippen LogP contribution in [0.4, 0.5) is 0 Å². The second-order valence-electron chi connectivity index (χ2n) is 6.74. The molecule has 1 unspecified atom stereocenters. The van der Waals surface area contributed by atoms with E-state index in [0.29, 0.717) is 5.89 Å². The Morgan fingerprint density at radius 2 is 2.17 bits per heavy atom. The first-order valence-electron chi connectivity index (χ1n) is 6.58. The van der Waals surface area contributed by atoms with Gasteiger partial charge >= 0.3 is 0 Å². The molecular weight excluding hydrogens is 228 g/mol. The molecule has 1 aromatic rings. The summed E-state index contributed by atoms with van der Waals surface area (Å²) < 4.78 is 5.32. The summed E-state index contributed by atoms with van der Waals surface area (Å²) >= 11 is 0. The number of nitrogens with two attached hydrogens (primary N) is 1. The number of hydrogen-bond donors (Lipinski definition) is 1. The normalized spacial score (nSPS) is 25.8. The lowest BCUT2D eigenvalue weighted by molar-refractivity contribution is 0.238. The van der Waals surface area contributed by atoms with Crippen molar-refractivity contribution in [3.63, 3.8) is 0 Å². The van der Waals surface area contributed by atoms with E-state index < -0.39 is 0 Å². The van der Waals surface area contributed by atoms with Crippen molar-refractivity contribution in [2.75, 3.05) is 19.6 Å².